The highest BCUT2D eigenvalue weighted by atomic mass is 32.1. The van der Waals surface area contributed by atoms with Gasteiger partial charge in [-0.25, -0.2) is 14.6 Å². The first-order valence-electron chi connectivity index (χ1n) is 8.93. The normalized spacial score (nSPS) is 21.5. The highest BCUT2D eigenvalue weighted by molar-refractivity contribution is 7.13. The number of nitrogens with zero attached hydrogens (tertiary/aromatic N) is 5. The Bertz CT molecular complexity index is 964. The monoisotopic (exact) mass is 365 g/mol. The van der Waals surface area contributed by atoms with E-state index in [0.29, 0.717) is 23.5 Å². The molecule has 4 heterocycles. The fourth-order valence-corrected chi connectivity index (χ4v) is 4.86. The van der Waals surface area contributed by atoms with Crippen LogP contribution in [0.5, 0.6) is 0 Å². The number of piperidine rings is 1. The predicted octanol–water partition coefficient (Wildman–Crippen LogP) is 3.32. The van der Waals surface area contributed by atoms with E-state index in [2.05, 4.69) is 15.1 Å². The molecule has 5 rings (SSSR count). The summed E-state index contributed by atoms with van der Waals surface area (Å²) in [5, 5.41) is 6.44. The van der Waals surface area contributed by atoms with Crippen LogP contribution in [0.1, 0.15) is 35.3 Å². The first kappa shape index (κ1) is 15.7. The van der Waals surface area contributed by atoms with E-state index in [1.54, 1.807) is 28.4 Å². The molecule has 1 aliphatic heterocycles. The minimum atomic E-state index is 0.0929. The van der Waals surface area contributed by atoms with Crippen molar-refractivity contribution >= 4 is 17.2 Å². The highest BCUT2D eigenvalue weighted by Gasteiger charge is 2.41. The maximum absolute atomic E-state index is 13.0. The molecule has 2 aliphatic rings. The maximum Gasteiger partial charge on any atom is 0.257 e. The second-order valence-corrected chi connectivity index (χ2v) is 8.01. The van der Waals surface area contributed by atoms with Crippen molar-refractivity contribution < 1.29 is 4.79 Å². The van der Waals surface area contributed by atoms with Gasteiger partial charge in [-0.2, -0.15) is 5.10 Å². The van der Waals surface area contributed by atoms with Gasteiger partial charge in [0.2, 0.25) is 0 Å². The van der Waals surface area contributed by atoms with Gasteiger partial charge in [0.1, 0.15) is 0 Å². The number of hydrogen-bond acceptors (Lipinski definition) is 5. The zero-order valence-corrected chi connectivity index (χ0v) is 15.3. The zero-order valence-electron chi connectivity index (χ0n) is 14.5. The molecular formula is C19H19N5OS. The molecule has 3 aromatic heterocycles. The van der Waals surface area contributed by atoms with E-state index in [4.69, 9.17) is 0 Å². The van der Waals surface area contributed by atoms with E-state index in [1.807, 2.05) is 35.4 Å². The van der Waals surface area contributed by atoms with Gasteiger partial charge in [-0.05, 0) is 49.6 Å². The zero-order chi connectivity index (χ0) is 17.7. The summed E-state index contributed by atoms with van der Waals surface area (Å²) in [6.07, 6.45) is 6.95. The van der Waals surface area contributed by atoms with Crippen LogP contribution in [0.15, 0.2) is 36.0 Å². The van der Waals surface area contributed by atoms with Crippen LogP contribution in [0.25, 0.3) is 16.5 Å². The molecule has 1 saturated carbocycles. The third-order valence-corrected chi connectivity index (χ3v) is 6.41. The Morgan fingerprint density at radius 2 is 2.23 bits per heavy atom. The lowest BCUT2D eigenvalue weighted by Crippen LogP contribution is -2.37. The smallest absolute Gasteiger partial charge is 0.257 e. The quantitative estimate of drug-likeness (QED) is 0.714. The molecule has 1 amide bonds. The number of likely N-dealkylation sites (tertiary alicyclic amines) is 1. The molecule has 3 aromatic rings. The van der Waals surface area contributed by atoms with Crippen molar-refractivity contribution in [3.8, 4) is 16.5 Å². The Labute approximate surface area is 155 Å². The van der Waals surface area contributed by atoms with Crippen molar-refractivity contribution in [3.63, 3.8) is 0 Å². The largest absolute Gasteiger partial charge is 0.335 e. The minimum absolute atomic E-state index is 0.0929. The van der Waals surface area contributed by atoms with Gasteiger partial charge in [-0.1, -0.05) is 6.07 Å². The van der Waals surface area contributed by atoms with Crippen LogP contribution in [0, 0.1) is 12.8 Å². The molecule has 0 spiro atoms. The van der Waals surface area contributed by atoms with Crippen LogP contribution in [-0.4, -0.2) is 43.1 Å². The highest BCUT2D eigenvalue weighted by Crippen LogP contribution is 2.38. The van der Waals surface area contributed by atoms with Gasteiger partial charge < -0.3 is 4.90 Å². The Morgan fingerprint density at radius 1 is 1.31 bits per heavy atom. The number of carbonyl (C=O) groups excluding carboxylic acids is 1. The van der Waals surface area contributed by atoms with E-state index >= 15 is 0 Å². The fraction of sp³-hybridized carbons (Fsp3) is 0.368. The lowest BCUT2D eigenvalue weighted by atomic mass is 10.1. The predicted molar refractivity (Wildman–Crippen MR) is 99.4 cm³/mol. The number of hydrogen-bond donors (Lipinski definition) is 0. The van der Waals surface area contributed by atoms with Gasteiger partial charge in [0.15, 0.2) is 0 Å². The number of amides is 1. The molecule has 0 radical (unpaired) electrons. The number of fused-ring (bicyclic) bond motifs is 2. The second-order valence-electron chi connectivity index (χ2n) is 7.07. The summed E-state index contributed by atoms with van der Waals surface area (Å²) in [7, 11) is 0. The molecule has 7 heteroatoms. The molecule has 1 saturated heterocycles. The Hall–Kier alpha value is -2.54. The minimum Gasteiger partial charge on any atom is -0.335 e. The summed E-state index contributed by atoms with van der Waals surface area (Å²) >= 11 is 1.64. The van der Waals surface area contributed by atoms with Crippen molar-refractivity contribution in [2.75, 3.05) is 6.54 Å². The summed E-state index contributed by atoms with van der Waals surface area (Å²) in [6, 6.07) is 6.33. The van der Waals surface area contributed by atoms with Crippen LogP contribution in [0.4, 0.5) is 0 Å². The average molecular weight is 365 g/mol. The summed E-state index contributed by atoms with van der Waals surface area (Å²) in [6.45, 7) is 2.80. The molecule has 0 N–H and O–H groups in total. The van der Waals surface area contributed by atoms with Gasteiger partial charge in [-0.15, -0.1) is 11.3 Å². The van der Waals surface area contributed by atoms with E-state index in [-0.39, 0.29) is 5.91 Å². The second kappa shape index (κ2) is 6.02. The van der Waals surface area contributed by atoms with Crippen LogP contribution in [-0.2, 0) is 0 Å². The van der Waals surface area contributed by atoms with Crippen molar-refractivity contribution in [1.82, 2.24) is 24.6 Å². The van der Waals surface area contributed by atoms with Crippen LogP contribution < -0.4 is 0 Å². The third kappa shape index (κ3) is 2.46. The van der Waals surface area contributed by atoms with Crippen molar-refractivity contribution in [2.45, 2.75) is 32.2 Å². The third-order valence-electron chi connectivity index (χ3n) is 5.52. The Kier molecular flexibility index (Phi) is 3.63. The van der Waals surface area contributed by atoms with Gasteiger partial charge in [0.25, 0.3) is 11.9 Å². The molecule has 0 aromatic carbocycles. The summed E-state index contributed by atoms with van der Waals surface area (Å²) < 4.78 is 1.67. The van der Waals surface area contributed by atoms with Crippen molar-refractivity contribution in [3.05, 3.63) is 47.2 Å². The molecule has 2 bridgehead atoms. The Balaban J connectivity index is 1.47. The number of thiophene rings is 1. The van der Waals surface area contributed by atoms with E-state index < -0.39 is 0 Å². The average Bonchev–Trinajstić information content (AvgIpc) is 3.45. The Morgan fingerprint density at radius 3 is 2.96 bits per heavy atom. The summed E-state index contributed by atoms with van der Waals surface area (Å²) in [5.41, 5.74) is 2.31. The molecule has 132 valence electrons. The van der Waals surface area contributed by atoms with Crippen LogP contribution in [0.3, 0.4) is 0 Å². The topological polar surface area (TPSA) is 63.9 Å². The lowest BCUT2D eigenvalue weighted by molar-refractivity contribution is 0.0703. The van der Waals surface area contributed by atoms with Crippen LogP contribution in [0.2, 0.25) is 0 Å². The molecule has 0 unspecified atom stereocenters. The number of rotatable bonds is 3. The first-order valence-corrected chi connectivity index (χ1v) is 9.81. The summed E-state index contributed by atoms with van der Waals surface area (Å²) in [5.74, 6) is 1.27. The van der Waals surface area contributed by atoms with E-state index in [1.165, 1.54) is 6.42 Å². The number of aromatic nitrogens is 4. The van der Waals surface area contributed by atoms with E-state index in [9.17, 15) is 4.79 Å². The van der Waals surface area contributed by atoms with Crippen molar-refractivity contribution in [2.24, 2.45) is 5.92 Å². The lowest BCUT2D eigenvalue weighted by Gasteiger charge is -2.26. The number of carbonyl (C=O) groups is 1. The van der Waals surface area contributed by atoms with Crippen LogP contribution >= 0.6 is 11.3 Å². The molecule has 2 atom stereocenters. The molecule has 2 fully saturated rings. The van der Waals surface area contributed by atoms with Gasteiger partial charge in [-0.3, -0.25) is 4.79 Å². The van der Waals surface area contributed by atoms with Gasteiger partial charge in [0.05, 0.1) is 28.0 Å². The summed E-state index contributed by atoms with van der Waals surface area (Å²) in [4.78, 5) is 25.1. The fourth-order valence-electron chi connectivity index (χ4n) is 4.16. The molecule has 1 aliphatic carbocycles. The van der Waals surface area contributed by atoms with Gasteiger partial charge >= 0.3 is 0 Å². The maximum atomic E-state index is 13.0. The SMILES string of the molecule is Cc1c(C(=O)N2C[C@H]3CC[C@H]2C3)cnn1-c1nccc(-c2cccs2)n1. The molecule has 6 nitrogen and oxygen atoms in total. The standard InChI is InChI=1S/C19H19N5OS/c1-12-15(18(25)23-11-13-4-5-14(23)9-13)10-21-24(12)19-20-7-6-16(22-19)17-3-2-8-26-17/h2-3,6-8,10,13-14H,4-5,9,11H2,1H3/t13-,14-/m0/s1. The van der Waals surface area contributed by atoms with E-state index in [0.717, 1.165) is 35.7 Å². The molecular weight excluding hydrogens is 346 g/mol. The first-order chi connectivity index (χ1) is 12.7. The molecule has 26 heavy (non-hydrogen) atoms. The van der Waals surface area contributed by atoms with Crippen molar-refractivity contribution in [1.29, 1.82) is 0 Å². The van der Waals surface area contributed by atoms with Gasteiger partial charge in [0, 0.05) is 18.8 Å².